The van der Waals surface area contributed by atoms with Crippen LogP contribution in [0, 0.1) is 3.57 Å². The summed E-state index contributed by atoms with van der Waals surface area (Å²) in [5, 5.41) is 11.4. The van der Waals surface area contributed by atoms with Crippen LogP contribution in [-0.2, 0) is 0 Å². The van der Waals surface area contributed by atoms with E-state index in [1.807, 2.05) is 18.2 Å². The largest absolute Gasteiger partial charge is 0.495 e. The molecule has 1 atom stereocenters. The fourth-order valence-corrected chi connectivity index (χ4v) is 3.29. The molecule has 106 valence electrons. The van der Waals surface area contributed by atoms with Gasteiger partial charge in [-0.3, -0.25) is 0 Å². The molecule has 0 saturated carbocycles. The molecule has 0 fully saturated rings. The van der Waals surface area contributed by atoms with Gasteiger partial charge in [0.15, 0.2) is 0 Å². The van der Waals surface area contributed by atoms with Gasteiger partial charge in [0.2, 0.25) is 0 Å². The Kier molecular flexibility index (Phi) is 5.59. The maximum absolute atomic E-state index is 10.5. The molecule has 20 heavy (non-hydrogen) atoms. The third kappa shape index (κ3) is 3.42. The van der Waals surface area contributed by atoms with Crippen LogP contribution >= 0.6 is 61.7 Å². The minimum absolute atomic E-state index is 0.407. The molecule has 0 bridgehead atoms. The number of hydrogen-bond donors (Lipinski definition) is 1. The number of ether oxygens (including phenoxy) is 1. The van der Waals surface area contributed by atoms with E-state index >= 15 is 0 Å². The summed E-state index contributed by atoms with van der Waals surface area (Å²) in [5.74, 6) is 0.481. The molecule has 0 aliphatic heterocycles. The van der Waals surface area contributed by atoms with Gasteiger partial charge in [0.25, 0.3) is 0 Å². The third-order valence-corrected chi connectivity index (χ3v) is 4.83. The normalized spacial score (nSPS) is 12.3. The molecule has 0 aliphatic carbocycles. The van der Waals surface area contributed by atoms with E-state index in [0.717, 1.165) is 13.6 Å². The Morgan fingerprint density at radius 3 is 2.50 bits per heavy atom. The second-order valence-electron chi connectivity index (χ2n) is 4.08. The summed E-state index contributed by atoms with van der Waals surface area (Å²) >= 11 is 17.9. The second-order valence-corrected chi connectivity index (χ2v) is 6.99. The molecule has 1 N–H and O–H groups in total. The summed E-state index contributed by atoms with van der Waals surface area (Å²) in [6.07, 6.45) is -0.866. The Hall–Kier alpha value is -0.0100. The van der Waals surface area contributed by atoms with Crippen molar-refractivity contribution in [1.29, 1.82) is 0 Å². The predicted molar refractivity (Wildman–Crippen MR) is 93.9 cm³/mol. The van der Waals surface area contributed by atoms with Crippen LogP contribution in [0.2, 0.25) is 10.0 Å². The lowest BCUT2D eigenvalue weighted by Crippen LogP contribution is -2.03. The molecule has 2 aromatic carbocycles. The number of aliphatic hydroxyl groups excluding tert-OH is 1. The van der Waals surface area contributed by atoms with Gasteiger partial charge in [-0.15, -0.1) is 0 Å². The summed E-state index contributed by atoms with van der Waals surface area (Å²) < 4.78 is 6.94. The van der Waals surface area contributed by atoms with Crippen molar-refractivity contribution < 1.29 is 9.84 Å². The van der Waals surface area contributed by atoms with Gasteiger partial charge in [-0.25, -0.2) is 0 Å². The lowest BCUT2D eigenvalue weighted by atomic mass is 10.0. The fourth-order valence-electron chi connectivity index (χ4n) is 1.80. The van der Waals surface area contributed by atoms with Crippen LogP contribution in [0.3, 0.4) is 0 Å². The van der Waals surface area contributed by atoms with Crippen LogP contribution in [0.4, 0.5) is 0 Å². The van der Waals surface area contributed by atoms with Gasteiger partial charge in [-0.05, 0) is 46.9 Å². The number of rotatable bonds is 3. The molecule has 0 saturated heterocycles. The molecule has 0 radical (unpaired) electrons. The molecule has 0 aliphatic rings. The van der Waals surface area contributed by atoms with Crippen molar-refractivity contribution in [2.24, 2.45) is 0 Å². The van der Waals surface area contributed by atoms with Crippen molar-refractivity contribution in [2.75, 3.05) is 7.11 Å². The molecule has 0 amide bonds. The summed E-state index contributed by atoms with van der Waals surface area (Å²) in [6.45, 7) is 0. The molecule has 6 heteroatoms. The molecule has 2 nitrogen and oxygen atoms in total. The number of benzene rings is 2. The molecule has 2 aromatic rings. The quantitative estimate of drug-likeness (QED) is 0.583. The average molecular weight is 488 g/mol. The standard InChI is InChI=1S/C14H10BrCl2IO2/c1-20-13-6-11(16)9(5-12(13)17)14(19)8-4-7(18)2-3-10(8)15/h2-6,14,19H,1H3. The third-order valence-electron chi connectivity index (χ3n) is 2.82. The first-order valence-electron chi connectivity index (χ1n) is 5.60. The van der Waals surface area contributed by atoms with Gasteiger partial charge in [-0.2, -0.15) is 0 Å². The zero-order chi connectivity index (χ0) is 14.9. The van der Waals surface area contributed by atoms with E-state index in [0.29, 0.717) is 21.4 Å². The van der Waals surface area contributed by atoms with Gasteiger partial charge in [0.05, 0.1) is 17.2 Å². The van der Waals surface area contributed by atoms with Crippen LogP contribution in [-0.4, -0.2) is 12.2 Å². The van der Waals surface area contributed by atoms with Crippen LogP contribution < -0.4 is 4.74 Å². The zero-order valence-electron chi connectivity index (χ0n) is 10.3. The molecule has 0 aromatic heterocycles. The summed E-state index contributed by atoms with van der Waals surface area (Å²) in [6, 6.07) is 8.95. The highest BCUT2D eigenvalue weighted by Crippen LogP contribution is 2.38. The van der Waals surface area contributed by atoms with Crippen LogP contribution in [0.1, 0.15) is 17.2 Å². The van der Waals surface area contributed by atoms with E-state index < -0.39 is 6.10 Å². The van der Waals surface area contributed by atoms with E-state index in [1.165, 1.54) is 7.11 Å². The van der Waals surface area contributed by atoms with Crippen molar-refractivity contribution in [3.8, 4) is 5.75 Å². The number of hydrogen-bond acceptors (Lipinski definition) is 2. The van der Waals surface area contributed by atoms with Crippen molar-refractivity contribution in [3.63, 3.8) is 0 Å². The average Bonchev–Trinajstić information content (AvgIpc) is 2.42. The van der Waals surface area contributed by atoms with E-state index in [1.54, 1.807) is 12.1 Å². The van der Waals surface area contributed by atoms with Crippen LogP contribution in [0.25, 0.3) is 0 Å². The van der Waals surface area contributed by atoms with E-state index in [9.17, 15) is 5.11 Å². The molecule has 0 spiro atoms. The van der Waals surface area contributed by atoms with Gasteiger partial charge >= 0.3 is 0 Å². The Morgan fingerprint density at radius 2 is 1.85 bits per heavy atom. The van der Waals surface area contributed by atoms with E-state index in [-0.39, 0.29) is 0 Å². The van der Waals surface area contributed by atoms with Gasteiger partial charge < -0.3 is 9.84 Å². The SMILES string of the molecule is COc1cc(Cl)c(C(O)c2cc(I)ccc2Br)cc1Cl. The first kappa shape index (κ1) is 16.4. The number of aliphatic hydroxyl groups is 1. The monoisotopic (exact) mass is 486 g/mol. The van der Waals surface area contributed by atoms with Crippen LogP contribution in [0.5, 0.6) is 5.75 Å². The summed E-state index contributed by atoms with van der Waals surface area (Å²) in [7, 11) is 1.52. The highest BCUT2D eigenvalue weighted by molar-refractivity contribution is 14.1. The first-order chi connectivity index (χ1) is 9.43. The fraction of sp³-hybridized carbons (Fsp3) is 0.143. The maximum atomic E-state index is 10.5. The molecule has 1 unspecified atom stereocenters. The topological polar surface area (TPSA) is 29.5 Å². The molecular weight excluding hydrogens is 478 g/mol. The number of methoxy groups -OCH3 is 1. The molecular formula is C14H10BrCl2IO2. The highest BCUT2D eigenvalue weighted by Gasteiger charge is 2.19. The Bertz CT molecular complexity index is 649. The maximum Gasteiger partial charge on any atom is 0.138 e. The summed E-state index contributed by atoms with van der Waals surface area (Å²) in [5.41, 5.74) is 1.28. The van der Waals surface area contributed by atoms with Crippen molar-refractivity contribution >= 4 is 61.7 Å². The lowest BCUT2D eigenvalue weighted by Gasteiger charge is -2.16. The Morgan fingerprint density at radius 1 is 1.15 bits per heavy atom. The smallest absolute Gasteiger partial charge is 0.138 e. The highest BCUT2D eigenvalue weighted by atomic mass is 127. The minimum Gasteiger partial charge on any atom is -0.495 e. The van der Waals surface area contributed by atoms with Crippen molar-refractivity contribution in [2.45, 2.75) is 6.10 Å². The Labute approximate surface area is 149 Å². The molecule has 2 rings (SSSR count). The van der Waals surface area contributed by atoms with Gasteiger partial charge in [0, 0.05) is 25.2 Å². The van der Waals surface area contributed by atoms with E-state index in [2.05, 4.69) is 38.5 Å². The minimum atomic E-state index is -0.866. The first-order valence-corrected chi connectivity index (χ1v) is 8.22. The Balaban J connectivity index is 2.50. The van der Waals surface area contributed by atoms with Gasteiger partial charge in [0.1, 0.15) is 11.9 Å². The predicted octanol–water partition coefficient (Wildman–Crippen LogP) is 5.45. The van der Waals surface area contributed by atoms with Gasteiger partial charge in [-0.1, -0.05) is 39.1 Å². The zero-order valence-corrected chi connectivity index (χ0v) is 15.6. The van der Waals surface area contributed by atoms with Crippen molar-refractivity contribution in [3.05, 3.63) is 59.5 Å². The van der Waals surface area contributed by atoms with Crippen LogP contribution in [0.15, 0.2) is 34.8 Å². The lowest BCUT2D eigenvalue weighted by molar-refractivity contribution is 0.219. The summed E-state index contributed by atoms with van der Waals surface area (Å²) in [4.78, 5) is 0. The van der Waals surface area contributed by atoms with E-state index in [4.69, 9.17) is 27.9 Å². The van der Waals surface area contributed by atoms with Crippen molar-refractivity contribution in [1.82, 2.24) is 0 Å². The second kappa shape index (κ2) is 6.83. The number of halogens is 4. The molecule has 0 heterocycles.